The third-order valence-electron chi connectivity index (χ3n) is 0.491. The molecule has 0 aliphatic carbocycles. The first-order chi connectivity index (χ1) is 3.39. The molecule has 1 radical (unpaired) electrons. The summed E-state index contributed by atoms with van der Waals surface area (Å²) in [7, 11) is 0. The van der Waals surface area contributed by atoms with Gasteiger partial charge in [0, 0.05) is 18.5 Å². The first-order valence-corrected chi connectivity index (χ1v) is 2.52. The Balaban J connectivity index is 3.02. The highest BCUT2D eigenvalue weighted by Gasteiger charge is 1.78. The second-order valence-electron chi connectivity index (χ2n) is 0.952. The van der Waals surface area contributed by atoms with Crippen LogP contribution in [0, 0.1) is 6.07 Å². The van der Waals surface area contributed by atoms with Gasteiger partial charge in [-0.15, -0.1) is 0 Å². The van der Waals surface area contributed by atoms with Crippen LogP contribution in [0.1, 0.15) is 0 Å². The van der Waals surface area contributed by atoms with E-state index >= 15 is 0 Å². The highest BCUT2D eigenvalue weighted by Crippen LogP contribution is 1.94. The van der Waals surface area contributed by atoms with Crippen LogP contribution in [-0.4, -0.2) is 9.97 Å². The molecule has 1 rings (SSSR count). The van der Waals surface area contributed by atoms with E-state index in [1.807, 2.05) is 0 Å². The van der Waals surface area contributed by atoms with Gasteiger partial charge in [-0.05, 0) is 15.9 Å². The summed E-state index contributed by atoms with van der Waals surface area (Å²) in [5.74, 6) is 0. The fraction of sp³-hybridized carbons (Fsp3) is 0. The van der Waals surface area contributed by atoms with E-state index in [0.29, 0.717) is 4.73 Å². The van der Waals surface area contributed by atoms with E-state index < -0.39 is 0 Å². The largest absolute Gasteiger partial charge is 0.230 e. The molecule has 2 nitrogen and oxygen atoms in total. The molecule has 0 fully saturated rings. The molecule has 0 bridgehead atoms. The maximum absolute atomic E-state index is 3.73. The average molecular weight is 158 g/mol. The van der Waals surface area contributed by atoms with Crippen LogP contribution >= 0.6 is 15.9 Å². The maximum Gasteiger partial charge on any atom is 0.196 e. The van der Waals surface area contributed by atoms with Crippen LogP contribution in [0.3, 0.4) is 0 Å². The summed E-state index contributed by atoms with van der Waals surface area (Å²) in [5, 5.41) is 0. The average Bonchev–Trinajstić information content (AvgIpc) is 1.69. The number of rotatable bonds is 0. The number of halogens is 1. The van der Waals surface area contributed by atoms with E-state index in [2.05, 4.69) is 32.0 Å². The van der Waals surface area contributed by atoms with Crippen molar-refractivity contribution in [2.75, 3.05) is 0 Å². The molecule has 1 aromatic rings. The Morgan fingerprint density at radius 3 is 2.29 bits per heavy atom. The summed E-state index contributed by atoms with van der Waals surface area (Å²) in [6.07, 6.45) is 3.11. The van der Waals surface area contributed by atoms with Gasteiger partial charge in [0.1, 0.15) is 0 Å². The summed E-state index contributed by atoms with van der Waals surface area (Å²) in [5.41, 5.74) is 0. The van der Waals surface area contributed by atoms with Gasteiger partial charge in [-0.25, -0.2) is 9.97 Å². The third kappa shape index (κ3) is 1.23. The second kappa shape index (κ2) is 2.02. The van der Waals surface area contributed by atoms with Crippen molar-refractivity contribution in [1.29, 1.82) is 0 Å². The normalized spacial score (nSPS) is 8.71. The van der Waals surface area contributed by atoms with Crippen LogP contribution in [0.25, 0.3) is 0 Å². The zero-order valence-corrected chi connectivity index (χ0v) is 5.01. The first kappa shape index (κ1) is 4.71. The van der Waals surface area contributed by atoms with E-state index in [4.69, 9.17) is 0 Å². The molecule has 0 saturated carbocycles. The lowest BCUT2D eigenvalue weighted by Gasteiger charge is -1.78. The summed E-state index contributed by atoms with van der Waals surface area (Å²) in [6, 6.07) is 2.68. The molecule has 1 heterocycles. The Morgan fingerprint density at radius 2 is 2.00 bits per heavy atom. The van der Waals surface area contributed by atoms with Crippen molar-refractivity contribution in [2.24, 2.45) is 0 Å². The van der Waals surface area contributed by atoms with Gasteiger partial charge in [0.25, 0.3) is 0 Å². The highest BCUT2D eigenvalue weighted by molar-refractivity contribution is 9.10. The standard InChI is InChI=1S/C4H2BrN2/c5-4-6-2-1-3-7-4/h2-3H. The lowest BCUT2D eigenvalue weighted by Crippen LogP contribution is -1.75. The second-order valence-corrected chi connectivity index (χ2v) is 1.66. The quantitative estimate of drug-likeness (QED) is 0.527. The molecule has 0 unspecified atom stereocenters. The fourth-order valence-electron chi connectivity index (χ4n) is 0.248. The predicted octanol–water partition coefficient (Wildman–Crippen LogP) is 1.04. The fourth-order valence-corrected chi connectivity index (χ4v) is 0.452. The van der Waals surface area contributed by atoms with Gasteiger partial charge in [-0.2, -0.15) is 0 Å². The van der Waals surface area contributed by atoms with Crippen molar-refractivity contribution >= 4 is 15.9 Å². The van der Waals surface area contributed by atoms with Gasteiger partial charge in [-0.1, -0.05) is 0 Å². The molecule has 0 amide bonds. The van der Waals surface area contributed by atoms with Crippen LogP contribution in [0.5, 0.6) is 0 Å². The Morgan fingerprint density at radius 1 is 1.43 bits per heavy atom. The zero-order chi connectivity index (χ0) is 5.11. The van der Waals surface area contributed by atoms with Crippen molar-refractivity contribution in [1.82, 2.24) is 9.97 Å². The van der Waals surface area contributed by atoms with Crippen LogP contribution in [0.4, 0.5) is 0 Å². The van der Waals surface area contributed by atoms with Crippen molar-refractivity contribution in [3.05, 3.63) is 23.2 Å². The Labute approximate surface area is 49.7 Å². The van der Waals surface area contributed by atoms with Crippen molar-refractivity contribution in [3.8, 4) is 0 Å². The monoisotopic (exact) mass is 157 g/mol. The summed E-state index contributed by atoms with van der Waals surface area (Å²) in [4.78, 5) is 7.46. The van der Waals surface area contributed by atoms with Crippen LogP contribution in [0.15, 0.2) is 17.1 Å². The topological polar surface area (TPSA) is 25.8 Å². The highest BCUT2D eigenvalue weighted by atomic mass is 79.9. The lowest BCUT2D eigenvalue weighted by atomic mass is 10.7. The summed E-state index contributed by atoms with van der Waals surface area (Å²) >= 11 is 3.07. The minimum atomic E-state index is 0.603. The van der Waals surface area contributed by atoms with E-state index in [0.717, 1.165) is 0 Å². The van der Waals surface area contributed by atoms with Crippen LogP contribution < -0.4 is 0 Å². The third-order valence-corrected chi connectivity index (χ3v) is 0.901. The molecule has 35 valence electrons. The predicted molar refractivity (Wildman–Crippen MR) is 28.6 cm³/mol. The van der Waals surface area contributed by atoms with Gasteiger partial charge in [0.2, 0.25) is 0 Å². The molecule has 0 saturated heterocycles. The molecular weight excluding hydrogens is 156 g/mol. The van der Waals surface area contributed by atoms with E-state index in [-0.39, 0.29) is 0 Å². The molecule has 0 atom stereocenters. The van der Waals surface area contributed by atoms with E-state index in [9.17, 15) is 0 Å². The number of nitrogens with zero attached hydrogens (tertiary/aromatic N) is 2. The maximum atomic E-state index is 3.73. The molecule has 0 N–H and O–H groups in total. The Kier molecular flexibility index (Phi) is 1.36. The molecule has 0 aliphatic rings. The summed E-state index contributed by atoms with van der Waals surface area (Å²) in [6.45, 7) is 0. The van der Waals surface area contributed by atoms with Crippen molar-refractivity contribution in [2.45, 2.75) is 0 Å². The number of hydrogen-bond donors (Lipinski definition) is 0. The van der Waals surface area contributed by atoms with Gasteiger partial charge >= 0.3 is 0 Å². The number of hydrogen-bond acceptors (Lipinski definition) is 2. The molecule has 1 aromatic heterocycles. The van der Waals surface area contributed by atoms with Gasteiger partial charge < -0.3 is 0 Å². The summed E-state index contributed by atoms with van der Waals surface area (Å²) < 4.78 is 0.603. The minimum Gasteiger partial charge on any atom is -0.230 e. The molecule has 7 heavy (non-hydrogen) atoms. The van der Waals surface area contributed by atoms with Crippen molar-refractivity contribution < 1.29 is 0 Å². The van der Waals surface area contributed by atoms with E-state index in [1.54, 1.807) is 12.4 Å². The first-order valence-electron chi connectivity index (χ1n) is 1.73. The minimum absolute atomic E-state index is 0.603. The SMILES string of the molecule is Brc1nc[c]cn1. The van der Waals surface area contributed by atoms with Crippen LogP contribution in [-0.2, 0) is 0 Å². The van der Waals surface area contributed by atoms with Gasteiger partial charge in [0.15, 0.2) is 4.73 Å². The molecule has 0 spiro atoms. The van der Waals surface area contributed by atoms with Gasteiger partial charge in [0.05, 0.1) is 0 Å². The van der Waals surface area contributed by atoms with E-state index in [1.165, 1.54) is 0 Å². The Hall–Kier alpha value is -0.440. The van der Waals surface area contributed by atoms with Gasteiger partial charge in [-0.3, -0.25) is 0 Å². The zero-order valence-electron chi connectivity index (χ0n) is 3.43. The molecule has 0 aliphatic heterocycles. The lowest BCUT2D eigenvalue weighted by molar-refractivity contribution is 1.11. The molecule has 0 aromatic carbocycles. The molecule has 3 heteroatoms. The Bertz CT molecular complexity index is 140. The van der Waals surface area contributed by atoms with Crippen molar-refractivity contribution in [3.63, 3.8) is 0 Å². The number of aromatic nitrogens is 2. The van der Waals surface area contributed by atoms with Crippen LogP contribution in [0.2, 0.25) is 0 Å². The molecular formula is C4H2BrN2. The smallest absolute Gasteiger partial charge is 0.196 e.